The molecule has 0 radical (unpaired) electrons. The molecule has 3 fully saturated rings. The topological polar surface area (TPSA) is 88.7 Å². The number of carbonyl (C=O) groups excluding carboxylic acids is 1. The molecule has 4 N–H and O–H groups in total. The van der Waals surface area contributed by atoms with Crippen LogP contribution in [0.25, 0.3) is 0 Å². The third-order valence-electron chi connectivity index (χ3n) is 8.91. The Morgan fingerprint density at radius 3 is 2.67 bits per heavy atom. The summed E-state index contributed by atoms with van der Waals surface area (Å²) in [6.07, 6.45) is 15.0. The average Bonchev–Trinajstić information content (AvgIpc) is 3.41. The minimum absolute atomic E-state index is 0.0342. The number of amides is 1. The molecular formula is C34H46N4O2. The maximum Gasteiger partial charge on any atom is 0.251 e. The Labute approximate surface area is 240 Å². The summed E-state index contributed by atoms with van der Waals surface area (Å²) in [5, 5.41) is 6.86. The zero-order valence-electron chi connectivity index (χ0n) is 24.5. The molecule has 0 unspecified atom stereocenters. The van der Waals surface area contributed by atoms with E-state index in [2.05, 4.69) is 48.7 Å². The first kappa shape index (κ1) is 29.4. The third-order valence-corrected chi connectivity index (χ3v) is 8.91. The van der Waals surface area contributed by atoms with Crippen LogP contribution in [-0.4, -0.2) is 24.8 Å². The van der Waals surface area contributed by atoms with Gasteiger partial charge >= 0.3 is 0 Å². The van der Waals surface area contributed by atoms with Gasteiger partial charge in [-0.05, 0) is 93.1 Å². The van der Waals surface area contributed by atoms with Crippen molar-refractivity contribution in [2.75, 3.05) is 6.61 Å². The highest BCUT2D eigenvalue weighted by atomic mass is 16.5. The standard InChI is InChI=1S/C34H46N4O2/c1-6-26-20-34(21-26)15-11-29(12-16-34)38-33(39)28-10-8-9-27(19-28)22-37-24(4)31-14-18-40-32(31)30(7-2)23(3)13-17-36-25(5)35/h7-10,13,17,19,26,29,37H,2,5-6,11-12,14-16,18,20-22,35H2,1,3-4H3,(H,38,39)/b23-13+,31-24+,32-30-,36-17-. The van der Waals surface area contributed by atoms with E-state index < -0.39 is 0 Å². The zero-order valence-corrected chi connectivity index (χ0v) is 24.5. The number of aliphatic imine (C=N–C) groups is 1. The van der Waals surface area contributed by atoms with Gasteiger partial charge in [-0.25, -0.2) is 4.99 Å². The van der Waals surface area contributed by atoms with Gasteiger partial charge in [-0.3, -0.25) is 4.79 Å². The summed E-state index contributed by atoms with van der Waals surface area (Å²) < 4.78 is 6.03. The van der Waals surface area contributed by atoms with E-state index in [1.54, 1.807) is 6.21 Å². The Morgan fingerprint density at radius 2 is 2.00 bits per heavy atom. The molecule has 1 saturated heterocycles. The van der Waals surface area contributed by atoms with Crippen LogP contribution in [0.3, 0.4) is 0 Å². The zero-order chi connectivity index (χ0) is 28.7. The largest absolute Gasteiger partial charge is 0.492 e. The lowest BCUT2D eigenvalue weighted by Gasteiger charge is -2.51. The molecule has 1 aromatic rings. The number of hydrogen-bond donors (Lipinski definition) is 3. The Balaban J connectivity index is 1.36. The maximum atomic E-state index is 13.1. The van der Waals surface area contributed by atoms with E-state index in [1.807, 2.05) is 37.3 Å². The van der Waals surface area contributed by atoms with Crippen LogP contribution in [0, 0.1) is 11.3 Å². The minimum atomic E-state index is 0.0342. The number of benzene rings is 1. The van der Waals surface area contributed by atoms with Crippen LogP contribution in [-0.2, 0) is 11.3 Å². The molecule has 1 aliphatic heterocycles. The summed E-state index contributed by atoms with van der Waals surface area (Å²) >= 11 is 0. The number of carbonyl (C=O) groups is 1. The predicted molar refractivity (Wildman–Crippen MR) is 165 cm³/mol. The molecule has 2 saturated carbocycles. The first-order chi connectivity index (χ1) is 19.2. The Kier molecular flexibility index (Phi) is 9.72. The van der Waals surface area contributed by atoms with Gasteiger partial charge in [0.05, 0.1) is 6.61 Å². The fourth-order valence-corrected chi connectivity index (χ4v) is 6.49. The van der Waals surface area contributed by atoms with Crippen molar-refractivity contribution in [3.8, 4) is 0 Å². The molecule has 0 atom stereocenters. The number of rotatable bonds is 10. The van der Waals surface area contributed by atoms with Gasteiger partial charge in [0.25, 0.3) is 5.91 Å². The molecule has 1 aromatic carbocycles. The summed E-state index contributed by atoms with van der Waals surface area (Å²) in [6, 6.07) is 8.22. The van der Waals surface area contributed by atoms with E-state index in [9.17, 15) is 4.79 Å². The van der Waals surface area contributed by atoms with E-state index >= 15 is 0 Å². The van der Waals surface area contributed by atoms with Crippen LogP contribution in [0.4, 0.5) is 0 Å². The van der Waals surface area contributed by atoms with Gasteiger partial charge < -0.3 is 21.1 Å². The number of allylic oxidation sites excluding steroid dienone is 6. The van der Waals surface area contributed by atoms with Crippen molar-refractivity contribution in [2.45, 2.75) is 84.7 Å². The van der Waals surface area contributed by atoms with Crippen molar-refractivity contribution in [1.82, 2.24) is 10.6 Å². The third kappa shape index (κ3) is 7.15. The molecule has 214 valence electrons. The van der Waals surface area contributed by atoms with Gasteiger partial charge in [0.1, 0.15) is 11.6 Å². The molecule has 6 nitrogen and oxygen atoms in total. The monoisotopic (exact) mass is 542 g/mol. The van der Waals surface area contributed by atoms with Gasteiger partial charge in [-0.15, -0.1) is 0 Å². The lowest BCUT2D eigenvalue weighted by molar-refractivity contribution is 0.00515. The van der Waals surface area contributed by atoms with E-state index in [0.717, 1.165) is 64.5 Å². The minimum Gasteiger partial charge on any atom is -0.492 e. The van der Waals surface area contributed by atoms with E-state index in [-0.39, 0.29) is 17.8 Å². The SMILES string of the molecule is C=CC(=C1/OCC/C1=C(/C)NCc1cccc(C(=O)NC2CCC3(CC2)CC(CC)C3)c1)/C(C)=C/C=N\C(=C)N. The molecule has 40 heavy (non-hydrogen) atoms. The lowest BCUT2D eigenvalue weighted by atomic mass is 9.55. The van der Waals surface area contributed by atoms with E-state index in [0.29, 0.717) is 18.6 Å². The lowest BCUT2D eigenvalue weighted by Crippen LogP contribution is -2.45. The van der Waals surface area contributed by atoms with Crippen LogP contribution >= 0.6 is 0 Å². The smallest absolute Gasteiger partial charge is 0.251 e. The van der Waals surface area contributed by atoms with Crippen LogP contribution < -0.4 is 16.4 Å². The van der Waals surface area contributed by atoms with Crippen molar-refractivity contribution in [2.24, 2.45) is 22.1 Å². The summed E-state index contributed by atoms with van der Waals surface area (Å²) in [5.41, 5.74) is 12.0. The van der Waals surface area contributed by atoms with Crippen molar-refractivity contribution in [3.63, 3.8) is 0 Å². The van der Waals surface area contributed by atoms with Crippen LogP contribution in [0.2, 0.25) is 0 Å². The molecular weight excluding hydrogens is 496 g/mol. The highest BCUT2D eigenvalue weighted by Crippen LogP contribution is 2.55. The van der Waals surface area contributed by atoms with Gasteiger partial charge in [0.2, 0.25) is 0 Å². The van der Waals surface area contributed by atoms with E-state index in [4.69, 9.17) is 10.5 Å². The average molecular weight is 543 g/mol. The van der Waals surface area contributed by atoms with Crippen LogP contribution in [0.1, 0.15) is 88.1 Å². The summed E-state index contributed by atoms with van der Waals surface area (Å²) in [5.74, 6) is 2.06. The fourth-order valence-electron chi connectivity index (χ4n) is 6.49. The van der Waals surface area contributed by atoms with Gasteiger partial charge in [-0.2, -0.15) is 0 Å². The van der Waals surface area contributed by atoms with Crippen molar-refractivity contribution >= 4 is 12.1 Å². The molecule has 2 aliphatic carbocycles. The van der Waals surface area contributed by atoms with Crippen molar-refractivity contribution in [1.29, 1.82) is 0 Å². The Bertz CT molecular complexity index is 1240. The number of ether oxygens (including phenoxy) is 1. The quantitative estimate of drug-likeness (QED) is 0.283. The van der Waals surface area contributed by atoms with Gasteiger partial charge in [0.15, 0.2) is 0 Å². The van der Waals surface area contributed by atoms with Gasteiger partial charge in [-0.1, -0.05) is 44.7 Å². The van der Waals surface area contributed by atoms with Gasteiger partial charge in [0, 0.05) is 47.6 Å². The molecule has 0 aromatic heterocycles. The number of nitrogens with one attached hydrogen (secondary N) is 2. The fraction of sp³-hybridized carbons (Fsp3) is 0.471. The molecule has 0 bridgehead atoms. The maximum absolute atomic E-state index is 13.1. The molecule has 1 spiro atoms. The summed E-state index contributed by atoms with van der Waals surface area (Å²) in [4.78, 5) is 17.1. The normalized spacial score (nSPS) is 27.1. The number of nitrogens with two attached hydrogens (primary N) is 1. The predicted octanol–water partition coefficient (Wildman–Crippen LogP) is 6.84. The van der Waals surface area contributed by atoms with Crippen LogP contribution in [0.15, 0.2) is 88.6 Å². The number of nitrogens with zero attached hydrogens (tertiary/aromatic N) is 1. The summed E-state index contributed by atoms with van der Waals surface area (Å²) in [7, 11) is 0. The summed E-state index contributed by atoms with van der Waals surface area (Å²) in [6.45, 7) is 15.2. The number of hydrogen-bond acceptors (Lipinski definition) is 5. The second kappa shape index (κ2) is 13.2. The molecule has 3 aliphatic rings. The molecule has 1 heterocycles. The van der Waals surface area contributed by atoms with Crippen LogP contribution in [0.5, 0.6) is 0 Å². The van der Waals surface area contributed by atoms with Crippen molar-refractivity contribution < 1.29 is 9.53 Å². The molecule has 4 rings (SSSR count). The van der Waals surface area contributed by atoms with Crippen molar-refractivity contribution in [3.05, 3.63) is 94.7 Å². The molecule has 1 amide bonds. The first-order valence-electron chi connectivity index (χ1n) is 14.7. The van der Waals surface area contributed by atoms with E-state index in [1.165, 1.54) is 32.1 Å². The highest BCUT2D eigenvalue weighted by molar-refractivity contribution is 5.94. The first-order valence-corrected chi connectivity index (χ1v) is 14.7. The second-order valence-electron chi connectivity index (χ2n) is 11.8. The second-order valence-corrected chi connectivity index (χ2v) is 11.8. The Hall–Kier alpha value is -3.54. The Morgan fingerprint density at radius 1 is 1.25 bits per heavy atom. The highest BCUT2D eigenvalue weighted by Gasteiger charge is 2.45. The molecule has 6 heteroatoms.